The van der Waals surface area contributed by atoms with Gasteiger partial charge < -0.3 is 10.6 Å². The summed E-state index contributed by atoms with van der Waals surface area (Å²) < 4.78 is 38.1. The van der Waals surface area contributed by atoms with E-state index >= 15 is 0 Å². The molecule has 0 saturated heterocycles. The summed E-state index contributed by atoms with van der Waals surface area (Å²) in [4.78, 5) is 9.31. The van der Waals surface area contributed by atoms with Crippen molar-refractivity contribution >= 4 is 11.6 Å². The Morgan fingerprint density at radius 3 is 2.71 bits per heavy atom. The summed E-state index contributed by atoms with van der Waals surface area (Å²) in [6.45, 7) is 1.04. The molecular weight excluding hydrogens is 281 g/mol. The quantitative estimate of drug-likeness (QED) is 0.822. The summed E-state index contributed by atoms with van der Waals surface area (Å²) in [6, 6.07) is 6.50. The van der Waals surface area contributed by atoms with Gasteiger partial charge in [-0.1, -0.05) is 6.07 Å². The number of halogens is 3. The molecule has 2 N–H and O–H groups in total. The van der Waals surface area contributed by atoms with Gasteiger partial charge in [0.2, 0.25) is 5.95 Å². The minimum atomic E-state index is -4.46. The van der Waals surface area contributed by atoms with Crippen molar-refractivity contribution in [2.45, 2.75) is 19.1 Å². The molecular formula is C14H13F3N4. The smallest absolute Gasteiger partial charge is 0.399 e. The molecule has 0 fully saturated rings. The van der Waals surface area contributed by atoms with E-state index in [1.165, 1.54) is 0 Å². The van der Waals surface area contributed by atoms with Gasteiger partial charge in [-0.2, -0.15) is 13.2 Å². The highest BCUT2D eigenvalue weighted by Gasteiger charge is 2.33. The lowest BCUT2D eigenvalue weighted by Gasteiger charge is -2.29. The summed E-state index contributed by atoms with van der Waals surface area (Å²) in [5.74, 6) is 0.0953. The van der Waals surface area contributed by atoms with E-state index in [0.717, 1.165) is 29.8 Å². The second kappa shape index (κ2) is 4.91. The van der Waals surface area contributed by atoms with Gasteiger partial charge in [-0.25, -0.2) is 9.97 Å². The number of hydrogen-bond acceptors (Lipinski definition) is 4. The fourth-order valence-corrected chi connectivity index (χ4v) is 2.41. The first-order valence-corrected chi connectivity index (χ1v) is 6.46. The summed E-state index contributed by atoms with van der Waals surface area (Å²) in [5, 5.41) is 0. The van der Waals surface area contributed by atoms with Crippen LogP contribution >= 0.6 is 0 Å². The normalized spacial score (nSPS) is 14.9. The zero-order chi connectivity index (χ0) is 15.0. The third-order valence-corrected chi connectivity index (χ3v) is 3.46. The number of aromatic nitrogens is 2. The standard InChI is InChI=1S/C14H13F3N4/c15-14(16,17)12-3-5-19-13(20-12)21-6-4-9-1-2-11(18)7-10(9)8-21/h1-3,5,7H,4,6,8,18H2. The van der Waals surface area contributed by atoms with Crippen LogP contribution in [-0.4, -0.2) is 16.5 Å². The number of rotatable bonds is 1. The van der Waals surface area contributed by atoms with Crippen LogP contribution in [0.25, 0.3) is 0 Å². The first-order chi connectivity index (χ1) is 9.93. The van der Waals surface area contributed by atoms with Crippen LogP contribution in [0.5, 0.6) is 0 Å². The van der Waals surface area contributed by atoms with Crippen LogP contribution in [0.4, 0.5) is 24.8 Å². The molecule has 0 bridgehead atoms. The first kappa shape index (κ1) is 13.7. The van der Waals surface area contributed by atoms with Crippen LogP contribution in [0.15, 0.2) is 30.5 Å². The molecule has 0 unspecified atom stereocenters. The van der Waals surface area contributed by atoms with Crippen LogP contribution in [0.2, 0.25) is 0 Å². The minimum Gasteiger partial charge on any atom is -0.399 e. The molecule has 4 nitrogen and oxygen atoms in total. The van der Waals surface area contributed by atoms with Gasteiger partial charge in [-0.15, -0.1) is 0 Å². The number of hydrogen-bond donors (Lipinski definition) is 1. The van der Waals surface area contributed by atoms with Gasteiger partial charge in [-0.05, 0) is 35.7 Å². The van der Waals surface area contributed by atoms with Crippen LogP contribution in [-0.2, 0) is 19.1 Å². The van der Waals surface area contributed by atoms with E-state index in [4.69, 9.17) is 5.73 Å². The number of nitrogens with zero attached hydrogens (tertiary/aromatic N) is 3. The molecule has 0 radical (unpaired) electrons. The topological polar surface area (TPSA) is 55.0 Å². The SMILES string of the molecule is Nc1ccc2c(c1)CN(c1nccc(C(F)(F)F)n1)CC2. The highest BCUT2D eigenvalue weighted by atomic mass is 19.4. The maximum atomic E-state index is 12.7. The molecule has 0 aliphatic carbocycles. The van der Waals surface area contributed by atoms with E-state index in [1.807, 2.05) is 18.2 Å². The lowest BCUT2D eigenvalue weighted by molar-refractivity contribution is -0.141. The van der Waals surface area contributed by atoms with Gasteiger partial charge in [0.05, 0.1) is 0 Å². The summed E-state index contributed by atoms with van der Waals surface area (Å²) in [6.07, 6.45) is -2.59. The Morgan fingerprint density at radius 1 is 1.14 bits per heavy atom. The zero-order valence-corrected chi connectivity index (χ0v) is 11.1. The molecule has 3 rings (SSSR count). The zero-order valence-electron chi connectivity index (χ0n) is 11.1. The fourth-order valence-electron chi connectivity index (χ4n) is 2.41. The average molecular weight is 294 g/mol. The Kier molecular flexibility index (Phi) is 3.19. The molecule has 2 heterocycles. The van der Waals surface area contributed by atoms with Gasteiger partial charge >= 0.3 is 6.18 Å². The number of nitrogen functional groups attached to an aromatic ring is 1. The van der Waals surface area contributed by atoms with Crippen molar-refractivity contribution in [3.05, 3.63) is 47.3 Å². The maximum Gasteiger partial charge on any atom is 0.433 e. The third kappa shape index (κ3) is 2.76. The summed E-state index contributed by atoms with van der Waals surface area (Å²) >= 11 is 0. The molecule has 0 spiro atoms. The van der Waals surface area contributed by atoms with Crippen molar-refractivity contribution in [1.29, 1.82) is 0 Å². The predicted molar refractivity (Wildman–Crippen MR) is 72.6 cm³/mol. The van der Waals surface area contributed by atoms with Gasteiger partial charge in [0.25, 0.3) is 0 Å². The molecule has 0 amide bonds. The molecule has 110 valence electrons. The average Bonchev–Trinajstić information content (AvgIpc) is 2.45. The molecule has 1 aromatic carbocycles. The summed E-state index contributed by atoms with van der Waals surface area (Å²) in [5.41, 5.74) is 7.62. The Morgan fingerprint density at radius 2 is 1.95 bits per heavy atom. The second-order valence-corrected chi connectivity index (χ2v) is 4.94. The molecule has 1 aromatic heterocycles. The summed E-state index contributed by atoms with van der Waals surface area (Å²) in [7, 11) is 0. The third-order valence-electron chi connectivity index (χ3n) is 3.46. The number of nitrogens with two attached hydrogens (primary N) is 1. The second-order valence-electron chi connectivity index (χ2n) is 4.94. The highest BCUT2D eigenvalue weighted by Crippen LogP contribution is 2.29. The van der Waals surface area contributed by atoms with Gasteiger partial charge in [-0.3, -0.25) is 0 Å². The fraction of sp³-hybridized carbons (Fsp3) is 0.286. The molecule has 2 aromatic rings. The number of alkyl halides is 3. The predicted octanol–water partition coefficient (Wildman–Crippen LogP) is 2.64. The lowest BCUT2D eigenvalue weighted by atomic mass is 9.99. The van der Waals surface area contributed by atoms with Gasteiger partial charge in [0.1, 0.15) is 5.69 Å². The molecule has 0 atom stereocenters. The molecule has 21 heavy (non-hydrogen) atoms. The van der Waals surface area contributed by atoms with Gasteiger partial charge in [0, 0.05) is 25.0 Å². The Hall–Kier alpha value is -2.31. The van der Waals surface area contributed by atoms with Crippen LogP contribution in [0, 0.1) is 0 Å². The van der Waals surface area contributed by atoms with Crippen LogP contribution in [0.3, 0.4) is 0 Å². The van der Waals surface area contributed by atoms with E-state index in [2.05, 4.69) is 9.97 Å². The van der Waals surface area contributed by atoms with Gasteiger partial charge in [0.15, 0.2) is 0 Å². The lowest BCUT2D eigenvalue weighted by Crippen LogP contribution is -2.32. The van der Waals surface area contributed by atoms with Crippen LogP contribution in [0.1, 0.15) is 16.8 Å². The van der Waals surface area contributed by atoms with Crippen molar-refractivity contribution in [3.63, 3.8) is 0 Å². The Balaban J connectivity index is 1.89. The van der Waals surface area contributed by atoms with Crippen molar-refractivity contribution in [2.75, 3.05) is 17.2 Å². The largest absolute Gasteiger partial charge is 0.433 e. The molecule has 1 aliphatic heterocycles. The van der Waals surface area contributed by atoms with E-state index in [0.29, 0.717) is 18.8 Å². The molecule has 1 aliphatic rings. The van der Waals surface area contributed by atoms with E-state index < -0.39 is 11.9 Å². The number of fused-ring (bicyclic) bond motifs is 1. The first-order valence-electron chi connectivity index (χ1n) is 6.46. The van der Waals surface area contributed by atoms with E-state index in [9.17, 15) is 13.2 Å². The maximum absolute atomic E-state index is 12.7. The Labute approximate surface area is 119 Å². The minimum absolute atomic E-state index is 0.0953. The van der Waals surface area contributed by atoms with Crippen molar-refractivity contribution in [3.8, 4) is 0 Å². The number of benzene rings is 1. The number of anilines is 2. The van der Waals surface area contributed by atoms with Crippen molar-refractivity contribution < 1.29 is 13.2 Å². The van der Waals surface area contributed by atoms with Crippen LogP contribution < -0.4 is 10.6 Å². The highest BCUT2D eigenvalue weighted by molar-refractivity contribution is 5.48. The van der Waals surface area contributed by atoms with Crippen molar-refractivity contribution in [2.24, 2.45) is 0 Å². The Bertz CT molecular complexity index is 670. The van der Waals surface area contributed by atoms with E-state index in [1.54, 1.807) is 4.90 Å². The monoisotopic (exact) mass is 294 g/mol. The van der Waals surface area contributed by atoms with Crippen molar-refractivity contribution in [1.82, 2.24) is 9.97 Å². The molecule has 7 heteroatoms. The van der Waals surface area contributed by atoms with E-state index in [-0.39, 0.29) is 5.95 Å². The molecule has 0 saturated carbocycles.